The third-order valence-electron chi connectivity index (χ3n) is 5.25. The van der Waals surface area contributed by atoms with Crippen molar-refractivity contribution in [2.24, 2.45) is 0 Å². The van der Waals surface area contributed by atoms with Gasteiger partial charge in [0.1, 0.15) is 5.75 Å². The Morgan fingerprint density at radius 1 is 0.903 bits per heavy atom. The average molecular weight is 415 g/mol. The van der Waals surface area contributed by atoms with Gasteiger partial charge in [0.2, 0.25) is 0 Å². The van der Waals surface area contributed by atoms with Gasteiger partial charge in [0.25, 0.3) is 0 Å². The van der Waals surface area contributed by atoms with E-state index >= 15 is 0 Å². The van der Waals surface area contributed by atoms with Crippen LogP contribution >= 0.6 is 0 Å². The first-order chi connectivity index (χ1) is 15.2. The largest absolute Gasteiger partial charge is 0.479 e. The lowest BCUT2D eigenvalue weighted by atomic mass is 10.1. The van der Waals surface area contributed by atoms with Crippen LogP contribution in [0.3, 0.4) is 0 Å². The number of benzene rings is 3. The number of rotatable bonds is 8. The van der Waals surface area contributed by atoms with E-state index in [0.29, 0.717) is 19.8 Å². The number of fused-ring (bicyclic) bond motifs is 2. The molecule has 31 heavy (non-hydrogen) atoms. The van der Waals surface area contributed by atoms with Crippen LogP contribution in [0.1, 0.15) is 23.6 Å². The fraction of sp³-hybridized carbons (Fsp3) is 0.192. The van der Waals surface area contributed by atoms with Crippen LogP contribution in [0.5, 0.6) is 5.75 Å². The van der Waals surface area contributed by atoms with Crippen molar-refractivity contribution in [1.82, 2.24) is 0 Å². The van der Waals surface area contributed by atoms with Gasteiger partial charge in [0.15, 0.2) is 12.8 Å². The number of ether oxygens (including phenoxy) is 2. The van der Waals surface area contributed by atoms with E-state index in [9.17, 15) is 9.90 Å². The minimum Gasteiger partial charge on any atom is -0.479 e. The van der Waals surface area contributed by atoms with Gasteiger partial charge in [-0.1, -0.05) is 60.7 Å². The van der Waals surface area contributed by atoms with Crippen LogP contribution in [0.2, 0.25) is 0 Å². The molecule has 0 radical (unpaired) electrons. The molecule has 1 aliphatic rings. The fourth-order valence-corrected chi connectivity index (χ4v) is 3.69. The molecule has 1 heterocycles. The molecule has 1 N–H and O–H groups in total. The van der Waals surface area contributed by atoms with Gasteiger partial charge in [-0.2, -0.15) is 0 Å². The van der Waals surface area contributed by atoms with E-state index in [4.69, 9.17) is 9.47 Å². The van der Waals surface area contributed by atoms with E-state index in [1.165, 1.54) is 0 Å². The standard InChI is InChI=1S/C26H25NO4/c1-2-30-25(26(28)29)17-19-11-15-22(16-12-19)31-18-27-23-9-5-3-7-20(23)13-14-21-8-4-6-10-24(21)27/h3-16,25H,2,17-18H2,1H3,(H,28,29). The van der Waals surface area contributed by atoms with Gasteiger partial charge in [-0.05, 0) is 47.9 Å². The predicted octanol–water partition coefficient (Wildman–Crippen LogP) is 5.38. The van der Waals surface area contributed by atoms with Crippen molar-refractivity contribution in [3.8, 4) is 5.75 Å². The van der Waals surface area contributed by atoms with Crippen molar-refractivity contribution in [2.75, 3.05) is 18.2 Å². The molecule has 0 saturated carbocycles. The molecule has 1 atom stereocenters. The average Bonchev–Trinajstić information content (AvgIpc) is 2.95. The molecule has 0 bridgehead atoms. The maximum atomic E-state index is 11.3. The van der Waals surface area contributed by atoms with E-state index in [1.807, 2.05) is 48.5 Å². The molecule has 5 nitrogen and oxygen atoms in total. The SMILES string of the molecule is CCOC(Cc1ccc(OCN2c3ccccc3C=Cc3ccccc32)cc1)C(=O)O. The molecular weight excluding hydrogens is 390 g/mol. The van der Waals surface area contributed by atoms with Gasteiger partial charge in [-0.15, -0.1) is 0 Å². The van der Waals surface area contributed by atoms with Crippen LogP contribution in [0.4, 0.5) is 11.4 Å². The number of hydrogen-bond donors (Lipinski definition) is 1. The maximum Gasteiger partial charge on any atom is 0.333 e. The zero-order valence-electron chi connectivity index (χ0n) is 17.4. The first-order valence-corrected chi connectivity index (χ1v) is 10.4. The minimum atomic E-state index is -0.950. The Balaban J connectivity index is 1.50. The van der Waals surface area contributed by atoms with Gasteiger partial charge in [0.05, 0.1) is 11.4 Å². The Morgan fingerprint density at radius 2 is 1.48 bits per heavy atom. The summed E-state index contributed by atoms with van der Waals surface area (Å²) in [4.78, 5) is 13.5. The molecule has 0 aliphatic carbocycles. The Labute approximate surface area is 182 Å². The maximum absolute atomic E-state index is 11.3. The summed E-state index contributed by atoms with van der Waals surface area (Å²) in [5, 5.41) is 9.27. The van der Waals surface area contributed by atoms with Crippen LogP contribution in [0.25, 0.3) is 12.2 Å². The molecule has 1 aliphatic heterocycles. The lowest BCUT2D eigenvalue weighted by Crippen LogP contribution is -2.26. The van der Waals surface area contributed by atoms with Crippen molar-refractivity contribution >= 4 is 29.5 Å². The number of carboxylic acid groups (broad SMARTS) is 1. The van der Waals surface area contributed by atoms with Crippen molar-refractivity contribution in [3.63, 3.8) is 0 Å². The van der Waals surface area contributed by atoms with E-state index in [0.717, 1.165) is 33.8 Å². The molecule has 1 unspecified atom stereocenters. The summed E-state index contributed by atoms with van der Waals surface area (Å²) in [7, 11) is 0. The number of carboxylic acids is 1. The monoisotopic (exact) mass is 415 g/mol. The van der Waals surface area contributed by atoms with Gasteiger partial charge >= 0.3 is 5.97 Å². The number of carbonyl (C=O) groups is 1. The number of nitrogens with zero attached hydrogens (tertiary/aromatic N) is 1. The zero-order valence-corrected chi connectivity index (χ0v) is 17.4. The topological polar surface area (TPSA) is 59.0 Å². The molecule has 0 fully saturated rings. The second kappa shape index (κ2) is 9.49. The van der Waals surface area contributed by atoms with Crippen LogP contribution in [0.15, 0.2) is 72.8 Å². The number of aliphatic carboxylic acids is 1. The van der Waals surface area contributed by atoms with E-state index in [1.54, 1.807) is 6.92 Å². The normalized spacial score (nSPS) is 13.1. The number of hydrogen-bond acceptors (Lipinski definition) is 4. The third kappa shape index (κ3) is 4.78. The van der Waals surface area contributed by atoms with Gasteiger partial charge in [0, 0.05) is 13.0 Å². The molecule has 5 heteroatoms. The highest BCUT2D eigenvalue weighted by Crippen LogP contribution is 2.36. The highest BCUT2D eigenvalue weighted by Gasteiger charge is 2.19. The minimum absolute atomic E-state index is 0.321. The summed E-state index contributed by atoms with van der Waals surface area (Å²) in [6.07, 6.45) is 3.73. The van der Waals surface area contributed by atoms with Crippen molar-refractivity contribution in [1.29, 1.82) is 0 Å². The summed E-state index contributed by atoms with van der Waals surface area (Å²) >= 11 is 0. The Kier molecular flexibility index (Phi) is 6.34. The van der Waals surface area contributed by atoms with E-state index < -0.39 is 12.1 Å². The Hall–Kier alpha value is -3.57. The van der Waals surface area contributed by atoms with E-state index in [-0.39, 0.29) is 0 Å². The summed E-state index contributed by atoms with van der Waals surface area (Å²) in [6, 6.07) is 24.0. The molecule has 0 amide bonds. The lowest BCUT2D eigenvalue weighted by Gasteiger charge is -2.26. The molecule has 158 valence electrons. The summed E-state index contributed by atoms with van der Waals surface area (Å²) in [5.41, 5.74) is 5.33. The van der Waals surface area contributed by atoms with Crippen molar-refractivity contribution < 1.29 is 19.4 Å². The molecule has 0 aromatic heterocycles. The number of anilines is 2. The Bertz CT molecular complexity index is 1030. The summed E-state index contributed by atoms with van der Waals surface area (Å²) in [6.45, 7) is 2.51. The first-order valence-electron chi connectivity index (χ1n) is 10.4. The molecule has 3 aromatic carbocycles. The number of para-hydroxylation sites is 2. The van der Waals surface area contributed by atoms with Gasteiger partial charge in [-0.3, -0.25) is 0 Å². The summed E-state index contributed by atoms with van der Waals surface area (Å²) < 4.78 is 11.4. The van der Waals surface area contributed by atoms with E-state index in [2.05, 4.69) is 41.3 Å². The van der Waals surface area contributed by atoms with Gasteiger partial charge < -0.3 is 19.5 Å². The second-order valence-electron chi connectivity index (χ2n) is 7.28. The van der Waals surface area contributed by atoms with Crippen LogP contribution in [-0.4, -0.2) is 30.5 Å². The highest BCUT2D eigenvalue weighted by atomic mass is 16.5. The van der Waals surface area contributed by atoms with Gasteiger partial charge in [-0.25, -0.2) is 4.79 Å². The third-order valence-corrected chi connectivity index (χ3v) is 5.25. The zero-order chi connectivity index (χ0) is 21.6. The predicted molar refractivity (Wildman–Crippen MR) is 123 cm³/mol. The van der Waals surface area contributed by atoms with Crippen molar-refractivity contribution in [2.45, 2.75) is 19.4 Å². The lowest BCUT2D eigenvalue weighted by molar-refractivity contribution is -0.149. The smallest absolute Gasteiger partial charge is 0.333 e. The molecular formula is C26H25NO4. The van der Waals surface area contributed by atoms with Crippen LogP contribution in [-0.2, 0) is 16.0 Å². The van der Waals surface area contributed by atoms with Crippen LogP contribution in [0, 0.1) is 0 Å². The quantitative estimate of drug-likeness (QED) is 0.535. The second-order valence-corrected chi connectivity index (χ2v) is 7.28. The molecule has 4 rings (SSSR count). The highest BCUT2D eigenvalue weighted by molar-refractivity contribution is 5.88. The fourth-order valence-electron chi connectivity index (χ4n) is 3.69. The molecule has 0 spiro atoms. The summed E-state index contributed by atoms with van der Waals surface area (Å²) in [5.74, 6) is -0.228. The molecule has 0 saturated heterocycles. The Morgan fingerprint density at radius 3 is 2.03 bits per heavy atom. The van der Waals surface area contributed by atoms with Crippen molar-refractivity contribution in [3.05, 3.63) is 89.5 Å². The molecule has 3 aromatic rings. The van der Waals surface area contributed by atoms with Crippen LogP contribution < -0.4 is 9.64 Å². The first kappa shape index (κ1) is 20.7.